The summed E-state index contributed by atoms with van der Waals surface area (Å²) in [5.41, 5.74) is 4.63. The van der Waals surface area contributed by atoms with Gasteiger partial charge in [0.25, 0.3) is 0 Å². The molecule has 0 bridgehead atoms. The fourth-order valence-electron chi connectivity index (χ4n) is 8.23. The average Bonchev–Trinajstić information content (AvgIpc) is 4.17. The number of imidazole rings is 2. The Hall–Kier alpha value is -6.18. The number of carbonyl (C=O) groups is 4. The highest BCUT2D eigenvalue weighted by Crippen LogP contribution is 2.42. The van der Waals surface area contributed by atoms with E-state index in [0.717, 1.165) is 52.9 Å². The minimum absolute atomic E-state index is 0.152. The predicted molar refractivity (Wildman–Crippen MR) is 239 cm³/mol. The van der Waals surface area contributed by atoms with E-state index in [-0.39, 0.29) is 43.0 Å². The minimum Gasteiger partial charge on any atom is -0.491 e. The second-order valence-corrected chi connectivity index (χ2v) is 16.3. The molecule has 4 N–H and O–H groups in total. The number of hydrogen-bond acceptors (Lipinski definition) is 13. The molecule has 4 aromatic rings. The Morgan fingerprint density at radius 3 is 1.52 bits per heavy atom. The summed E-state index contributed by atoms with van der Waals surface area (Å²) < 4.78 is 38.4. The van der Waals surface area contributed by atoms with Crippen molar-refractivity contribution in [1.29, 1.82) is 0 Å². The summed E-state index contributed by atoms with van der Waals surface area (Å²) in [5, 5.41) is 5.32. The van der Waals surface area contributed by atoms with Gasteiger partial charge in [-0.05, 0) is 62.8 Å². The van der Waals surface area contributed by atoms with Crippen molar-refractivity contribution in [3.8, 4) is 45.1 Å². The van der Waals surface area contributed by atoms with Gasteiger partial charge in [-0.15, -0.1) is 0 Å². The van der Waals surface area contributed by atoms with Crippen LogP contribution in [0.5, 0.6) is 11.5 Å². The first kappa shape index (κ1) is 48.3. The molecule has 2 fully saturated rings. The summed E-state index contributed by atoms with van der Waals surface area (Å²) in [6.45, 7) is 7.82. The summed E-state index contributed by atoms with van der Waals surface area (Å²) in [5.74, 6) is 1.81. The molecule has 0 saturated carbocycles. The van der Waals surface area contributed by atoms with E-state index in [2.05, 4.69) is 20.6 Å². The second kappa shape index (κ2) is 22.6. The van der Waals surface area contributed by atoms with Crippen LogP contribution in [0.25, 0.3) is 33.6 Å². The SMILES string of the molecule is COCCOc1cc(-c2cnc([C@@H]3CCCN3C(=O)[C@@H](NC(=O)OC)C(C)C)[nH]2)ccc1-c1ccc(-c2cnc([C@@H]3CCCN3C(=O)[C@@H](NC(=O)OC)[C@@H](C)OC)[nH]2)cc1OCCOC. The number of H-pyrrole nitrogens is 2. The molecule has 2 aliphatic heterocycles. The highest BCUT2D eigenvalue weighted by molar-refractivity contribution is 5.88. The van der Waals surface area contributed by atoms with Crippen LogP contribution in [0, 0.1) is 5.92 Å². The number of likely N-dealkylation sites (tertiary alicyclic amines) is 2. The van der Waals surface area contributed by atoms with Gasteiger partial charge in [0.1, 0.15) is 48.4 Å². The first-order chi connectivity index (χ1) is 31.4. The number of nitrogens with zero attached hydrogens (tertiary/aromatic N) is 4. The van der Waals surface area contributed by atoms with Gasteiger partial charge in [-0.1, -0.05) is 26.0 Å². The van der Waals surface area contributed by atoms with Crippen LogP contribution < -0.4 is 20.1 Å². The van der Waals surface area contributed by atoms with E-state index in [9.17, 15) is 19.2 Å². The number of rotatable bonds is 20. The number of aromatic amines is 2. The lowest BCUT2D eigenvalue weighted by molar-refractivity contribution is -0.137. The Labute approximate surface area is 379 Å². The molecular weight excluding hydrogens is 841 g/mol. The van der Waals surface area contributed by atoms with Gasteiger partial charge in [0.2, 0.25) is 11.8 Å². The van der Waals surface area contributed by atoms with E-state index in [1.54, 1.807) is 43.3 Å². The van der Waals surface area contributed by atoms with Gasteiger partial charge < -0.3 is 63.6 Å². The molecule has 6 rings (SSSR count). The third-order valence-electron chi connectivity index (χ3n) is 11.8. The van der Waals surface area contributed by atoms with Crippen LogP contribution in [0.2, 0.25) is 0 Å². The fraction of sp³-hybridized carbons (Fsp3) is 0.522. The van der Waals surface area contributed by atoms with E-state index in [4.69, 9.17) is 43.1 Å². The van der Waals surface area contributed by atoms with Crippen molar-refractivity contribution in [3.05, 3.63) is 60.4 Å². The Bertz CT molecular complexity index is 2240. The van der Waals surface area contributed by atoms with Crippen LogP contribution >= 0.6 is 0 Å². The molecule has 4 amide bonds. The van der Waals surface area contributed by atoms with Crippen LogP contribution in [0.15, 0.2) is 48.8 Å². The maximum atomic E-state index is 13.8. The maximum Gasteiger partial charge on any atom is 0.407 e. The van der Waals surface area contributed by atoms with Gasteiger partial charge in [0, 0.05) is 56.7 Å². The Kier molecular flexibility index (Phi) is 16.8. The van der Waals surface area contributed by atoms with Crippen LogP contribution in [0.3, 0.4) is 0 Å². The van der Waals surface area contributed by atoms with E-state index in [1.807, 2.05) is 50.2 Å². The number of carbonyl (C=O) groups excluding carboxylic acids is 4. The maximum absolute atomic E-state index is 13.8. The molecule has 0 radical (unpaired) electrons. The first-order valence-corrected chi connectivity index (χ1v) is 21.9. The molecule has 2 aromatic heterocycles. The summed E-state index contributed by atoms with van der Waals surface area (Å²) >= 11 is 0. The molecule has 5 atom stereocenters. The third-order valence-corrected chi connectivity index (χ3v) is 11.8. The van der Waals surface area contributed by atoms with E-state index < -0.39 is 30.4 Å². The van der Waals surface area contributed by atoms with Gasteiger partial charge in [-0.2, -0.15) is 0 Å². The van der Waals surface area contributed by atoms with Gasteiger partial charge in [0.15, 0.2) is 0 Å². The lowest BCUT2D eigenvalue weighted by atomic mass is 9.98. The zero-order valence-electron chi connectivity index (χ0n) is 38.4. The highest BCUT2D eigenvalue weighted by Gasteiger charge is 2.40. The minimum atomic E-state index is -0.946. The number of hydrogen-bond donors (Lipinski definition) is 4. The number of amides is 4. The number of ether oxygens (including phenoxy) is 7. The largest absolute Gasteiger partial charge is 0.491 e. The first-order valence-electron chi connectivity index (χ1n) is 21.9. The van der Waals surface area contributed by atoms with Crippen molar-refractivity contribution < 1.29 is 52.3 Å². The Morgan fingerprint density at radius 2 is 1.11 bits per heavy atom. The molecule has 2 saturated heterocycles. The molecule has 19 nitrogen and oxygen atoms in total. The van der Waals surface area contributed by atoms with Crippen molar-refractivity contribution in [2.45, 2.75) is 76.7 Å². The molecule has 19 heteroatoms. The number of alkyl carbamates (subject to hydrolysis) is 2. The molecule has 0 aliphatic carbocycles. The van der Waals surface area contributed by atoms with Crippen LogP contribution in [-0.4, -0.2) is 147 Å². The zero-order chi connectivity index (χ0) is 46.6. The van der Waals surface area contributed by atoms with Gasteiger partial charge in [0.05, 0.1) is 69.4 Å². The molecule has 4 heterocycles. The summed E-state index contributed by atoms with van der Waals surface area (Å²) in [6, 6.07) is 9.43. The van der Waals surface area contributed by atoms with Gasteiger partial charge >= 0.3 is 12.2 Å². The third kappa shape index (κ3) is 11.4. The number of methoxy groups -OCH3 is 5. The van der Waals surface area contributed by atoms with Gasteiger partial charge in [-0.25, -0.2) is 19.6 Å². The molecular formula is C46H62N8O11. The average molecular weight is 903 g/mol. The fourth-order valence-corrected chi connectivity index (χ4v) is 8.23. The van der Waals surface area contributed by atoms with E-state index in [0.29, 0.717) is 55.9 Å². The number of nitrogens with one attached hydrogen (secondary N) is 4. The van der Waals surface area contributed by atoms with Crippen molar-refractivity contribution in [2.75, 3.05) is 75.1 Å². The van der Waals surface area contributed by atoms with Crippen molar-refractivity contribution in [2.24, 2.45) is 5.92 Å². The Balaban J connectivity index is 1.28. The number of aromatic nitrogens is 4. The monoisotopic (exact) mass is 902 g/mol. The molecule has 2 aromatic carbocycles. The van der Waals surface area contributed by atoms with Crippen LogP contribution in [0.1, 0.15) is 70.2 Å². The van der Waals surface area contributed by atoms with Crippen LogP contribution in [-0.2, 0) is 33.3 Å². The summed E-state index contributed by atoms with van der Waals surface area (Å²) in [4.78, 5) is 71.7. The van der Waals surface area contributed by atoms with Gasteiger partial charge in [-0.3, -0.25) is 9.59 Å². The van der Waals surface area contributed by atoms with Crippen LogP contribution in [0.4, 0.5) is 9.59 Å². The normalized spacial score (nSPS) is 17.4. The smallest absolute Gasteiger partial charge is 0.407 e. The molecule has 65 heavy (non-hydrogen) atoms. The topological polar surface area (TPSA) is 221 Å². The number of benzene rings is 2. The lowest BCUT2D eigenvalue weighted by Crippen LogP contribution is -2.54. The molecule has 0 unspecified atom stereocenters. The summed E-state index contributed by atoms with van der Waals surface area (Å²) in [7, 11) is 7.24. The molecule has 352 valence electrons. The Morgan fingerprint density at radius 1 is 0.662 bits per heavy atom. The quantitative estimate of drug-likeness (QED) is 0.0789. The predicted octanol–water partition coefficient (Wildman–Crippen LogP) is 5.65. The summed E-state index contributed by atoms with van der Waals surface area (Å²) in [6.07, 6.45) is 4.48. The van der Waals surface area contributed by atoms with Crippen molar-refractivity contribution >= 4 is 24.0 Å². The zero-order valence-corrected chi connectivity index (χ0v) is 38.4. The standard InChI is InChI=1S/C46H62N8O11/c1-27(2)39(51-45(57)62-7)43(55)53-17-9-11-35(53)41-47-25-33(49-41)29-13-15-31(37(23-29)64-21-19-59-4)32-16-14-30(24-38(32)65-22-20-60-5)34-26-48-42(50-34)36-12-10-18-54(36)44(56)40(28(3)61-6)52-46(58)63-8/h13-16,23-28,35-36,39-40H,9-12,17-22H2,1-8H3,(H,47,49)(H,48,50)(H,51,57)(H,52,58)/t28-,35+,36+,39+,40+/m1/s1. The lowest BCUT2D eigenvalue weighted by Gasteiger charge is -2.30. The highest BCUT2D eigenvalue weighted by atomic mass is 16.5. The second-order valence-electron chi connectivity index (χ2n) is 16.3. The van der Waals surface area contributed by atoms with Crippen molar-refractivity contribution in [1.82, 2.24) is 40.4 Å². The van der Waals surface area contributed by atoms with E-state index >= 15 is 0 Å². The van der Waals surface area contributed by atoms with E-state index in [1.165, 1.54) is 21.3 Å². The molecule has 0 spiro atoms. The molecule has 2 aliphatic rings. The van der Waals surface area contributed by atoms with Crippen molar-refractivity contribution in [3.63, 3.8) is 0 Å².